The van der Waals surface area contributed by atoms with Crippen LogP contribution in [0.4, 0.5) is 0 Å². The van der Waals surface area contributed by atoms with E-state index in [9.17, 15) is 4.79 Å². The average Bonchev–Trinajstić information content (AvgIpc) is 2.03. The van der Waals surface area contributed by atoms with E-state index < -0.39 is 0 Å². The van der Waals surface area contributed by atoms with Gasteiger partial charge in [0.1, 0.15) is 9.95 Å². The average molecular weight is 226 g/mol. The molecule has 4 nitrogen and oxygen atoms in total. The van der Waals surface area contributed by atoms with Crippen molar-refractivity contribution in [1.29, 1.82) is 0 Å². The van der Waals surface area contributed by atoms with Crippen LogP contribution in [0.25, 0.3) is 6.08 Å². The summed E-state index contributed by atoms with van der Waals surface area (Å²) in [5.41, 5.74) is 0.403. The van der Waals surface area contributed by atoms with Crippen LogP contribution in [0.2, 0.25) is 0 Å². The zero-order valence-electron chi connectivity index (χ0n) is 5.99. The Morgan fingerprint density at radius 3 is 3.17 bits per heavy atom. The number of halogens is 1. The topological polar surface area (TPSA) is 55.2 Å². The van der Waals surface area contributed by atoms with Crippen molar-refractivity contribution in [3.8, 4) is 0 Å². The number of hydrogen-bond donors (Lipinski definition) is 0. The Balaban J connectivity index is 2.81. The molecule has 1 aromatic rings. The van der Waals surface area contributed by atoms with Crippen LogP contribution in [0.1, 0.15) is 6.42 Å². The molecule has 12 heavy (non-hydrogen) atoms. The van der Waals surface area contributed by atoms with Crippen molar-refractivity contribution >= 4 is 27.9 Å². The molecular weight excluding hydrogens is 222 g/mol. The first-order valence-electron chi connectivity index (χ1n) is 3.36. The summed E-state index contributed by atoms with van der Waals surface area (Å²) < 4.78 is 0.591. The second-order valence-corrected chi connectivity index (χ2v) is 3.13. The third-order valence-corrected chi connectivity index (χ3v) is 1.83. The molecule has 0 fully saturated rings. The summed E-state index contributed by atoms with van der Waals surface area (Å²) in [6.45, 7) is 0. The molecule has 0 aromatic carbocycles. The van der Waals surface area contributed by atoms with E-state index in [0.29, 0.717) is 21.9 Å². The van der Waals surface area contributed by atoms with Gasteiger partial charge in [-0.1, -0.05) is 0 Å². The van der Waals surface area contributed by atoms with E-state index in [1.165, 1.54) is 0 Å². The van der Waals surface area contributed by atoms with Gasteiger partial charge in [0.05, 0.1) is 6.20 Å². The fourth-order valence-corrected chi connectivity index (χ4v) is 1.21. The van der Waals surface area contributed by atoms with Crippen LogP contribution in [0, 0.1) is 0 Å². The second-order valence-electron chi connectivity index (χ2n) is 2.32. The van der Waals surface area contributed by atoms with Crippen molar-refractivity contribution in [3.05, 3.63) is 21.6 Å². The maximum atomic E-state index is 10.9. The summed E-state index contributed by atoms with van der Waals surface area (Å²) in [5.74, 6) is -0.171. The maximum absolute atomic E-state index is 10.9. The Morgan fingerprint density at radius 1 is 1.50 bits per heavy atom. The highest BCUT2D eigenvalue weighted by Gasteiger charge is 2.04. The number of hydrogen-bond acceptors (Lipinski definition) is 3. The van der Waals surface area contributed by atoms with Crippen LogP contribution in [0.5, 0.6) is 0 Å². The predicted molar refractivity (Wildman–Crippen MR) is 44.6 cm³/mol. The van der Waals surface area contributed by atoms with Gasteiger partial charge in [0.2, 0.25) is 0 Å². The van der Waals surface area contributed by atoms with Gasteiger partial charge in [-0.2, -0.15) is 4.99 Å². The number of carbonyl (C=O) groups excluding carboxylic acids is 1. The number of rotatable bonds is 0. The minimum atomic E-state index is -0.171. The molecule has 1 aliphatic heterocycles. The first-order valence-corrected chi connectivity index (χ1v) is 4.15. The molecule has 60 valence electrons. The quantitative estimate of drug-likeness (QED) is 0.603. The molecule has 5 heteroatoms. The second kappa shape index (κ2) is 2.75. The van der Waals surface area contributed by atoms with Crippen LogP contribution in [0.3, 0.4) is 0 Å². The third-order valence-electron chi connectivity index (χ3n) is 1.45. The molecular formula is C7H4BrN3O. The van der Waals surface area contributed by atoms with Gasteiger partial charge in [0.15, 0.2) is 5.49 Å². The molecule has 0 saturated carbocycles. The van der Waals surface area contributed by atoms with Crippen LogP contribution < -0.4 is 10.8 Å². The first-order chi connectivity index (χ1) is 5.75. The van der Waals surface area contributed by atoms with Gasteiger partial charge in [-0.05, 0) is 22.0 Å². The number of aromatic nitrogens is 2. The van der Waals surface area contributed by atoms with Gasteiger partial charge in [-0.3, -0.25) is 9.78 Å². The van der Waals surface area contributed by atoms with Gasteiger partial charge >= 0.3 is 0 Å². The maximum Gasteiger partial charge on any atom is 0.251 e. The molecule has 1 aromatic heterocycles. The Bertz CT molecular complexity index is 454. The number of carbonyl (C=O) groups is 1. The van der Waals surface area contributed by atoms with Gasteiger partial charge in [-0.15, -0.1) is 0 Å². The molecule has 2 heterocycles. The monoisotopic (exact) mass is 225 g/mol. The molecule has 0 bridgehead atoms. The number of fused-ring (bicyclic) bond motifs is 1. The minimum absolute atomic E-state index is 0.171. The van der Waals surface area contributed by atoms with Crippen LogP contribution in [-0.4, -0.2) is 15.9 Å². The molecule has 0 spiro atoms. The standard InChI is InChI=1S/C7H4BrN3O/c8-5-3-9-4-1-2-6(12)11-7(4)10-5/h1,3H,2H2. The summed E-state index contributed by atoms with van der Waals surface area (Å²) in [5, 5.41) is 0.679. The van der Waals surface area contributed by atoms with Crippen LogP contribution in [-0.2, 0) is 4.79 Å². The van der Waals surface area contributed by atoms with Crippen LogP contribution >= 0.6 is 15.9 Å². The van der Waals surface area contributed by atoms with Crippen molar-refractivity contribution in [3.63, 3.8) is 0 Å². The highest BCUT2D eigenvalue weighted by Crippen LogP contribution is 1.96. The fraction of sp³-hybridized carbons (Fsp3) is 0.143. The van der Waals surface area contributed by atoms with Crippen molar-refractivity contribution in [2.45, 2.75) is 6.42 Å². The SMILES string of the molecule is O=C1CC=c2ncc(Br)nc2=N1. The third kappa shape index (κ3) is 1.27. The van der Waals surface area contributed by atoms with Crippen molar-refractivity contribution in [2.24, 2.45) is 4.99 Å². The smallest absolute Gasteiger partial charge is 0.251 e. The lowest BCUT2D eigenvalue weighted by molar-refractivity contribution is -0.117. The lowest BCUT2D eigenvalue weighted by Crippen LogP contribution is -2.35. The molecule has 0 aliphatic carbocycles. The van der Waals surface area contributed by atoms with E-state index in [0.717, 1.165) is 0 Å². The van der Waals surface area contributed by atoms with E-state index in [2.05, 4.69) is 30.9 Å². The molecule has 2 rings (SSSR count). The molecule has 0 atom stereocenters. The van der Waals surface area contributed by atoms with E-state index in [1.54, 1.807) is 12.3 Å². The summed E-state index contributed by atoms with van der Waals surface area (Å²) in [6.07, 6.45) is 3.63. The molecule has 0 unspecified atom stereocenters. The van der Waals surface area contributed by atoms with Gasteiger partial charge in [0.25, 0.3) is 5.91 Å². The summed E-state index contributed by atoms with van der Waals surface area (Å²) in [7, 11) is 0. The van der Waals surface area contributed by atoms with E-state index >= 15 is 0 Å². The largest absolute Gasteiger partial charge is 0.272 e. The molecule has 0 radical (unpaired) electrons. The van der Waals surface area contributed by atoms with Crippen LogP contribution in [0.15, 0.2) is 15.8 Å². The highest BCUT2D eigenvalue weighted by atomic mass is 79.9. The number of amides is 1. The lowest BCUT2D eigenvalue weighted by atomic mass is 10.3. The van der Waals surface area contributed by atoms with E-state index in [4.69, 9.17) is 0 Å². The predicted octanol–water partition coefficient (Wildman–Crippen LogP) is -0.431. The Kier molecular flexibility index (Phi) is 1.73. The Hall–Kier alpha value is -1.10. The number of nitrogens with zero attached hydrogens (tertiary/aromatic N) is 3. The highest BCUT2D eigenvalue weighted by molar-refractivity contribution is 9.10. The zero-order chi connectivity index (χ0) is 8.55. The Labute approximate surface area is 76.2 Å². The Morgan fingerprint density at radius 2 is 2.33 bits per heavy atom. The van der Waals surface area contributed by atoms with Crippen molar-refractivity contribution in [1.82, 2.24) is 9.97 Å². The normalized spacial score (nSPS) is 14.6. The van der Waals surface area contributed by atoms with Gasteiger partial charge in [0, 0.05) is 6.42 Å². The van der Waals surface area contributed by atoms with E-state index in [-0.39, 0.29) is 5.91 Å². The summed E-state index contributed by atoms with van der Waals surface area (Å²) in [6, 6.07) is 0. The first kappa shape index (κ1) is 7.54. The minimum Gasteiger partial charge on any atom is -0.272 e. The molecule has 1 aliphatic rings. The van der Waals surface area contributed by atoms with Crippen molar-refractivity contribution < 1.29 is 4.79 Å². The zero-order valence-corrected chi connectivity index (χ0v) is 7.58. The van der Waals surface area contributed by atoms with Gasteiger partial charge < -0.3 is 0 Å². The summed E-state index contributed by atoms with van der Waals surface area (Å²) in [4.78, 5) is 22.6. The molecule has 0 N–H and O–H groups in total. The molecule has 1 amide bonds. The van der Waals surface area contributed by atoms with Gasteiger partial charge in [-0.25, -0.2) is 4.98 Å². The van der Waals surface area contributed by atoms with Crippen molar-refractivity contribution in [2.75, 3.05) is 0 Å². The van der Waals surface area contributed by atoms with E-state index in [1.807, 2.05) is 0 Å². The lowest BCUT2D eigenvalue weighted by Gasteiger charge is -1.96. The summed E-state index contributed by atoms with van der Waals surface area (Å²) >= 11 is 3.15. The molecule has 0 saturated heterocycles. The fourth-order valence-electron chi connectivity index (χ4n) is 0.942.